The third kappa shape index (κ3) is 3.14. The maximum absolute atomic E-state index is 9.54. The Balaban J connectivity index is 2.94. The normalized spacial score (nSPS) is 10.6. The fourth-order valence-electron chi connectivity index (χ4n) is 1.43. The molecular weight excluding hydrogens is 326 g/mol. The Morgan fingerprint density at radius 3 is 2.53 bits per heavy atom. The summed E-state index contributed by atoms with van der Waals surface area (Å²) in [4.78, 5) is 0. The van der Waals surface area contributed by atoms with Crippen LogP contribution in [0.5, 0.6) is 11.5 Å². The van der Waals surface area contributed by atoms with E-state index in [0.717, 1.165) is 34.8 Å². The highest BCUT2D eigenvalue weighted by atomic mass is 127. The average molecular weight is 341 g/mol. The maximum atomic E-state index is 9.54. The zero-order chi connectivity index (χ0) is 11.4. The molecule has 0 fully saturated rings. The number of aromatic hydroxyl groups is 2. The summed E-state index contributed by atoms with van der Waals surface area (Å²) in [7, 11) is 0. The molecule has 0 aliphatic rings. The number of hydrogen-bond acceptors (Lipinski definition) is 2. The van der Waals surface area contributed by atoms with Crippen LogP contribution in [0.15, 0.2) is 6.07 Å². The van der Waals surface area contributed by atoms with Crippen molar-refractivity contribution in [2.24, 2.45) is 0 Å². The number of halogens is 2. The lowest BCUT2D eigenvalue weighted by Crippen LogP contribution is -1.92. The van der Waals surface area contributed by atoms with E-state index >= 15 is 0 Å². The van der Waals surface area contributed by atoms with Gasteiger partial charge < -0.3 is 10.2 Å². The Labute approximate surface area is 108 Å². The molecule has 0 saturated carbocycles. The van der Waals surface area contributed by atoms with E-state index in [1.807, 2.05) is 0 Å². The summed E-state index contributed by atoms with van der Waals surface area (Å²) in [5.41, 5.74) is 0.850. The molecule has 0 amide bonds. The number of unbranched alkanes of at least 4 members (excludes halogenated alkanes) is 2. The van der Waals surface area contributed by atoms with Crippen LogP contribution >= 0.6 is 34.2 Å². The van der Waals surface area contributed by atoms with Crippen LogP contribution in [0.3, 0.4) is 0 Å². The molecule has 1 aromatic rings. The highest BCUT2D eigenvalue weighted by Crippen LogP contribution is 2.37. The number of rotatable bonds is 4. The van der Waals surface area contributed by atoms with Crippen molar-refractivity contribution in [3.63, 3.8) is 0 Å². The molecule has 84 valence electrons. The molecular formula is C11H14ClIO2. The van der Waals surface area contributed by atoms with Gasteiger partial charge in [-0.15, -0.1) is 0 Å². The fourth-order valence-corrected chi connectivity index (χ4v) is 2.53. The first-order chi connectivity index (χ1) is 7.07. The molecule has 2 nitrogen and oxygen atoms in total. The van der Waals surface area contributed by atoms with E-state index in [0.29, 0.717) is 5.02 Å². The quantitative estimate of drug-likeness (QED) is 0.640. The molecule has 2 N–H and O–H groups in total. The largest absolute Gasteiger partial charge is 0.507 e. The lowest BCUT2D eigenvalue weighted by atomic mass is 10.1. The molecule has 0 unspecified atom stereocenters. The van der Waals surface area contributed by atoms with Crippen molar-refractivity contribution in [2.45, 2.75) is 32.6 Å². The summed E-state index contributed by atoms with van der Waals surface area (Å²) in [6, 6.07) is 1.29. The number of benzene rings is 1. The molecule has 1 aromatic carbocycles. The Bertz CT molecular complexity index is 327. The average Bonchev–Trinajstić information content (AvgIpc) is 2.20. The van der Waals surface area contributed by atoms with E-state index in [2.05, 4.69) is 29.5 Å². The van der Waals surface area contributed by atoms with Crippen molar-refractivity contribution in [3.05, 3.63) is 20.2 Å². The summed E-state index contributed by atoms with van der Waals surface area (Å²) in [5, 5.41) is 19.4. The first-order valence-corrected chi connectivity index (χ1v) is 6.42. The predicted octanol–water partition coefficient (Wildman–Crippen LogP) is 4.09. The third-order valence-electron chi connectivity index (χ3n) is 2.28. The molecule has 0 atom stereocenters. The molecule has 0 aliphatic carbocycles. The zero-order valence-electron chi connectivity index (χ0n) is 8.56. The first kappa shape index (κ1) is 12.9. The predicted molar refractivity (Wildman–Crippen MR) is 70.7 cm³/mol. The van der Waals surface area contributed by atoms with Crippen LogP contribution in [0.2, 0.25) is 5.02 Å². The lowest BCUT2D eigenvalue weighted by molar-refractivity contribution is 0.446. The smallest absolute Gasteiger partial charge is 0.138 e. The second-order valence-corrected chi connectivity index (χ2v) is 4.94. The Hall–Kier alpha value is -0.160. The second-order valence-electron chi connectivity index (χ2n) is 3.48. The van der Waals surface area contributed by atoms with Crippen LogP contribution in [-0.2, 0) is 6.42 Å². The molecule has 0 aliphatic heterocycles. The van der Waals surface area contributed by atoms with Crippen LogP contribution < -0.4 is 0 Å². The standard InChI is InChI=1S/C11H14ClIO2/c1-2-3-4-5-7-10(12)8(14)6-9(15)11(7)13/h6,14-15H,2-5H2,1H3. The summed E-state index contributed by atoms with van der Waals surface area (Å²) in [6.07, 6.45) is 4.09. The third-order valence-corrected chi connectivity index (χ3v) is 3.91. The number of phenols is 2. The minimum Gasteiger partial charge on any atom is -0.507 e. The Morgan fingerprint density at radius 1 is 1.27 bits per heavy atom. The highest BCUT2D eigenvalue weighted by molar-refractivity contribution is 14.1. The number of phenolic OH excluding ortho intramolecular Hbond substituents is 2. The van der Waals surface area contributed by atoms with Gasteiger partial charge in [-0.25, -0.2) is 0 Å². The van der Waals surface area contributed by atoms with Crippen molar-refractivity contribution in [2.75, 3.05) is 0 Å². The van der Waals surface area contributed by atoms with Crippen LogP contribution in [0.25, 0.3) is 0 Å². The van der Waals surface area contributed by atoms with Crippen LogP contribution in [0.1, 0.15) is 31.7 Å². The van der Waals surface area contributed by atoms with Gasteiger partial charge in [0.15, 0.2) is 0 Å². The van der Waals surface area contributed by atoms with Gasteiger partial charge in [-0.3, -0.25) is 0 Å². The molecule has 0 heterocycles. The molecule has 0 bridgehead atoms. The van der Waals surface area contributed by atoms with Gasteiger partial charge in [0.1, 0.15) is 11.5 Å². The highest BCUT2D eigenvalue weighted by Gasteiger charge is 2.13. The number of hydrogen-bond donors (Lipinski definition) is 2. The fraction of sp³-hybridized carbons (Fsp3) is 0.455. The summed E-state index contributed by atoms with van der Waals surface area (Å²) >= 11 is 8.04. The Kier molecular flexibility index (Phi) is 4.99. The Morgan fingerprint density at radius 2 is 1.93 bits per heavy atom. The van der Waals surface area contributed by atoms with Gasteiger partial charge in [-0.1, -0.05) is 31.4 Å². The van der Waals surface area contributed by atoms with Gasteiger partial charge in [-0.2, -0.15) is 0 Å². The molecule has 0 saturated heterocycles. The SMILES string of the molecule is CCCCCc1c(Cl)c(O)cc(O)c1I. The van der Waals surface area contributed by atoms with E-state index < -0.39 is 0 Å². The van der Waals surface area contributed by atoms with Crippen molar-refractivity contribution in [1.29, 1.82) is 0 Å². The molecule has 0 aromatic heterocycles. The monoisotopic (exact) mass is 340 g/mol. The van der Waals surface area contributed by atoms with Crippen molar-refractivity contribution < 1.29 is 10.2 Å². The topological polar surface area (TPSA) is 40.5 Å². The van der Waals surface area contributed by atoms with Crippen LogP contribution in [0.4, 0.5) is 0 Å². The van der Waals surface area contributed by atoms with Gasteiger partial charge >= 0.3 is 0 Å². The van der Waals surface area contributed by atoms with Gasteiger partial charge in [-0.05, 0) is 41.0 Å². The van der Waals surface area contributed by atoms with E-state index in [-0.39, 0.29) is 11.5 Å². The minimum atomic E-state index is -0.0407. The minimum absolute atomic E-state index is 0.0407. The summed E-state index contributed by atoms with van der Waals surface area (Å²) in [5.74, 6) is 0.0603. The van der Waals surface area contributed by atoms with Crippen molar-refractivity contribution in [3.8, 4) is 11.5 Å². The van der Waals surface area contributed by atoms with Crippen LogP contribution in [0, 0.1) is 3.57 Å². The molecule has 0 radical (unpaired) electrons. The summed E-state index contributed by atoms with van der Waals surface area (Å²) < 4.78 is 0.742. The molecule has 0 spiro atoms. The van der Waals surface area contributed by atoms with Gasteiger partial charge in [0, 0.05) is 6.07 Å². The summed E-state index contributed by atoms with van der Waals surface area (Å²) in [6.45, 7) is 2.13. The lowest BCUT2D eigenvalue weighted by Gasteiger charge is -2.10. The zero-order valence-corrected chi connectivity index (χ0v) is 11.5. The van der Waals surface area contributed by atoms with E-state index in [1.165, 1.54) is 6.07 Å². The maximum Gasteiger partial charge on any atom is 0.138 e. The second kappa shape index (κ2) is 5.80. The van der Waals surface area contributed by atoms with E-state index in [1.54, 1.807) is 0 Å². The van der Waals surface area contributed by atoms with Gasteiger partial charge in [0.05, 0.1) is 8.59 Å². The van der Waals surface area contributed by atoms with Gasteiger partial charge in [0.2, 0.25) is 0 Å². The van der Waals surface area contributed by atoms with Crippen molar-refractivity contribution >= 4 is 34.2 Å². The molecule has 15 heavy (non-hydrogen) atoms. The van der Waals surface area contributed by atoms with Gasteiger partial charge in [0.25, 0.3) is 0 Å². The van der Waals surface area contributed by atoms with Crippen molar-refractivity contribution in [1.82, 2.24) is 0 Å². The first-order valence-electron chi connectivity index (χ1n) is 4.96. The van der Waals surface area contributed by atoms with E-state index in [9.17, 15) is 10.2 Å². The van der Waals surface area contributed by atoms with E-state index in [4.69, 9.17) is 11.6 Å². The molecule has 4 heteroatoms. The van der Waals surface area contributed by atoms with Crippen LogP contribution in [-0.4, -0.2) is 10.2 Å². The molecule has 1 rings (SSSR count).